The first-order valence-corrected chi connectivity index (χ1v) is 31.4. The summed E-state index contributed by atoms with van der Waals surface area (Å²) in [6.45, 7) is 0.0512. The Hall–Kier alpha value is -8.89. The van der Waals surface area contributed by atoms with Crippen molar-refractivity contribution in [2.24, 2.45) is 16.5 Å². The van der Waals surface area contributed by atoms with Crippen LogP contribution in [0.3, 0.4) is 0 Å². The van der Waals surface area contributed by atoms with Gasteiger partial charge in [0.25, 0.3) is 5.91 Å². The summed E-state index contributed by atoms with van der Waals surface area (Å²) in [5.74, 6) is -7.87. The van der Waals surface area contributed by atoms with Crippen LogP contribution >= 0.6 is 22.6 Å². The number of fused-ring (bicyclic) bond motifs is 1. The highest BCUT2D eigenvalue weighted by molar-refractivity contribution is 14.1. The van der Waals surface area contributed by atoms with E-state index in [-0.39, 0.29) is 160 Å². The van der Waals surface area contributed by atoms with Crippen LogP contribution in [0.5, 0.6) is 5.75 Å². The van der Waals surface area contributed by atoms with Gasteiger partial charge >= 0.3 is 17.9 Å². The molecule has 0 bridgehead atoms. The number of carbonyl (C=O) groups is 11. The van der Waals surface area contributed by atoms with Gasteiger partial charge in [-0.25, -0.2) is 0 Å². The molecule has 4 atom stereocenters. The van der Waals surface area contributed by atoms with E-state index in [9.17, 15) is 73.2 Å². The third-order valence-electron chi connectivity index (χ3n) is 15.7. The quantitative estimate of drug-likeness (QED) is 0.0112. The number of phenolic OH excluding ortho intramolecular Hbond substituents is 1. The minimum atomic E-state index is -1.99. The van der Waals surface area contributed by atoms with Gasteiger partial charge in [-0.05, 0) is 114 Å². The molecule has 2 aliphatic rings. The Kier molecular flexibility index (Phi) is 28.6. The van der Waals surface area contributed by atoms with E-state index in [1.165, 1.54) is 42.3 Å². The molecule has 0 aliphatic carbocycles. The predicted octanol–water partition coefficient (Wildman–Crippen LogP) is -1.47. The Morgan fingerprint density at radius 2 is 1.25 bits per heavy atom. The van der Waals surface area contributed by atoms with E-state index in [2.05, 4.69) is 42.2 Å². The number of carboxylic acid groups (broad SMARTS) is 3. The molecule has 30 nitrogen and oxygen atoms in total. The largest absolute Gasteiger partial charge is 0.507 e. The Morgan fingerprint density at radius 1 is 0.667 bits per heavy atom. The van der Waals surface area contributed by atoms with E-state index in [1.54, 1.807) is 31.7 Å². The van der Waals surface area contributed by atoms with E-state index in [1.807, 2.05) is 65.1 Å². The van der Waals surface area contributed by atoms with E-state index in [0.29, 0.717) is 26.7 Å². The summed E-state index contributed by atoms with van der Waals surface area (Å²) >= 11 is 1.91. The standard InChI is InChI=1S/C62H82IN15O15/c1-74-49(9-5-19-67-57(90)43-13-15-45(16-14-43)70-51(81)18-21-66-53(83)35-75-22-24-76(36-54(84)85)26-28-78(38-56(88)89)29-27-77(25-23-75)37-55(86)87)60(93)71-47(8-4-20-68-61(64)65)59(92)72-48(32-40-10-12-42-6-2-3-7-44(42)30-40)58(91)69-34-52(82)73-62(74,39-79)33-41-11-17-50(80)46(63)31-41/h2-3,6-7,10-17,30-31,39,47-49,80H,4-5,8-9,18-29,32-38H2,1H3,(H,66,83)(H,67,90)(H,69,91)(H,70,81)(H,71,93)(H,72,92)(H,73,82)(H,84,85)(H,86,87)(H,88,89)(H4,64,65,68)/t47-,48-,49+,62-/m0/s1. The molecule has 502 valence electrons. The van der Waals surface area contributed by atoms with Crippen molar-refractivity contribution in [3.05, 3.63) is 105 Å². The van der Waals surface area contributed by atoms with E-state index in [0.717, 1.165) is 10.8 Å². The van der Waals surface area contributed by atoms with Crippen molar-refractivity contribution in [1.82, 2.24) is 56.4 Å². The minimum Gasteiger partial charge on any atom is -0.507 e. The topological polar surface area (TPSA) is 433 Å². The molecule has 0 radical (unpaired) electrons. The number of aromatic hydroxyl groups is 1. The molecular formula is C62H82IN15O15. The molecule has 4 aromatic rings. The third kappa shape index (κ3) is 24.3. The molecule has 0 unspecified atom stereocenters. The first kappa shape index (κ1) is 73.2. The van der Waals surface area contributed by atoms with Crippen LogP contribution in [0.25, 0.3) is 10.8 Å². The van der Waals surface area contributed by atoms with Crippen molar-refractivity contribution in [2.45, 2.75) is 68.7 Å². The van der Waals surface area contributed by atoms with E-state index in [4.69, 9.17) is 11.5 Å². The number of benzene rings is 4. The smallest absolute Gasteiger partial charge is 0.317 e. The number of nitrogens with two attached hydrogens (primary N) is 2. The number of halogens is 1. The number of hydrogen-bond acceptors (Lipinski definition) is 18. The number of aldehydes is 1. The molecule has 15 N–H and O–H groups in total. The second-order valence-electron chi connectivity index (χ2n) is 22.8. The normalized spacial score (nSPS) is 19.8. The number of nitrogens with one attached hydrogen (secondary N) is 7. The van der Waals surface area contributed by atoms with Gasteiger partial charge in [0.05, 0.1) is 42.3 Å². The van der Waals surface area contributed by atoms with Gasteiger partial charge in [0, 0.05) is 103 Å². The molecule has 0 aromatic heterocycles. The number of carboxylic acids is 3. The van der Waals surface area contributed by atoms with Crippen LogP contribution in [-0.4, -0.2) is 252 Å². The maximum Gasteiger partial charge on any atom is 0.317 e. The molecular weight excluding hydrogens is 1320 g/mol. The molecule has 31 heteroatoms. The average molecular weight is 1400 g/mol. The lowest BCUT2D eigenvalue weighted by Crippen LogP contribution is -2.68. The van der Waals surface area contributed by atoms with Crippen LogP contribution < -0.4 is 48.7 Å². The summed E-state index contributed by atoms with van der Waals surface area (Å²) in [5, 5.41) is 60.0. The summed E-state index contributed by atoms with van der Waals surface area (Å²) in [6, 6.07) is 19.9. The zero-order chi connectivity index (χ0) is 67.6. The Morgan fingerprint density at radius 3 is 1.83 bits per heavy atom. The number of rotatable bonds is 26. The molecule has 4 aromatic carbocycles. The molecule has 2 heterocycles. The monoisotopic (exact) mass is 1400 g/mol. The zero-order valence-corrected chi connectivity index (χ0v) is 53.8. The number of nitrogens with zero attached hydrogens (tertiary/aromatic N) is 6. The van der Waals surface area contributed by atoms with Gasteiger partial charge in [0.1, 0.15) is 17.8 Å². The van der Waals surface area contributed by atoms with Gasteiger partial charge in [-0.1, -0.05) is 48.5 Å². The van der Waals surface area contributed by atoms with Gasteiger partial charge in [-0.2, -0.15) is 0 Å². The van der Waals surface area contributed by atoms with Crippen molar-refractivity contribution in [3.63, 3.8) is 0 Å². The van der Waals surface area contributed by atoms with Crippen LogP contribution in [0.2, 0.25) is 0 Å². The van der Waals surface area contributed by atoms with Crippen LogP contribution in [0.15, 0.2) is 89.9 Å². The maximum absolute atomic E-state index is 14.9. The molecule has 7 amide bonds. The van der Waals surface area contributed by atoms with Crippen LogP contribution in [0.4, 0.5) is 5.69 Å². The number of guanidine groups is 1. The van der Waals surface area contributed by atoms with E-state index < -0.39 is 89.6 Å². The second-order valence-corrected chi connectivity index (χ2v) is 23.9. The fraction of sp³-hybridized carbons (Fsp3) is 0.452. The molecule has 2 fully saturated rings. The molecule has 2 aliphatic heterocycles. The number of carbonyl (C=O) groups excluding carboxylic acids is 8. The maximum atomic E-state index is 14.9. The number of phenols is 1. The highest BCUT2D eigenvalue weighted by Crippen LogP contribution is 2.26. The first-order chi connectivity index (χ1) is 44.4. The van der Waals surface area contributed by atoms with Crippen molar-refractivity contribution in [2.75, 3.05) is 117 Å². The van der Waals surface area contributed by atoms with E-state index >= 15 is 0 Å². The zero-order valence-electron chi connectivity index (χ0n) is 51.7. The second kappa shape index (κ2) is 36.4. The number of aliphatic carboxylic acids is 3. The fourth-order valence-corrected chi connectivity index (χ4v) is 11.3. The number of hydrogen-bond donors (Lipinski definition) is 13. The third-order valence-corrected chi connectivity index (χ3v) is 16.6. The SMILES string of the molecule is CN1[C@H](CCCNC(=O)c2ccc(NC(=O)CCNC(=O)CN3CCN(CC(=O)O)CCN(CC(=O)O)CCN(CC(=O)O)CC3)cc2)C(=O)N[C@@H](CCCN=C(N)N)C(=O)N[C@@H](Cc2ccc3ccccc3c2)C(=O)NCC(=O)N[C@@]1(C=O)Cc1ccc(O)c(I)c1. The first-order valence-electron chi connectivity index (χ1n) is 30.3. The average Bonchev–Trinajstić information content (AvgIpc) is 0.805. The highest BCUT2D eigenvalue weighted by atomic mass is 127. The summed E-state index contributed by atoms with van der Waals surface area (Å²) < 4.78 is 0.433. The number of amides is 7. The van der Waals surface area contributed by atoms with Gasteiger partial charge in [0.2, 0.25) is 35.4 Å². The van der Waals surface area contributed by atoms with Crippen LogP contribution in [0.1, 0.15) is 53.6 Å². The lowest BCUT2D eigenvalue weighted by atomic mass is 9.95. The summed E-state index contributed by atoms with van der Waals surface area (Å²) in [4.78, 5) is 158. The lowest BCUT2D eigenvalue weighted by Gasteiger charge is -2.42. The Labute approximate surface area is 550 Å². The van der Waals surface area contributed by atoms with Crippen molar-refractivity contribution in [1.29, 1.82) is 0 Å². The summed E-state index contributed by atoms with van der Waals surface area (Å²) in [5.41, 5.74) is 10.9. The molecule has 0 spiro atoms. The summed E-state index contributed by atoms with van der Waals surface area (Å²) in [6.07, 6.45) is 0.340. The lowest BCUT2D eigenvalue weighted by molar-refractivity contribution is -0.141. The molecule has 2 saturated heterocycles. The van der Waals surface area contributed by atoms with Gasteiger partial charge in [-0.15, -0.1) is 0 Å². The van der Waals surface area contributed by atoms with Crippen molar-refractivity contribution >= 4 is 111 Å². The molecule has 6 rings (SSSR count). The van der Waals surface area contributed by atoms with Gasteiger partial charge in [0.15, 0.2) is 17.9 Å². The van der Waals surface area contributed by atoms with Crippen LogP contribution in [-0.2, 0) is 60.8 Å². The van der Waals surface area contributed by atoms with Crippen LogP contribution in [0, 0.1) is 3.57 Å². The highest BCUT2D eigenvalue weighted by Gasteiger charge is 2.43. The van der Waals surface area contributed by atoms with Gasteiger partial charge < -0.3 is 69.1 Å². The minimum absolute atomic E-state index is 0.00476. The predicted molar refractivity (Wildman–Crippen MR) is 350 cm³/mol. The Bertz CT molecular complexity index is 3310. The number of aliphatic imine (C=N–C) groups is 1. The van der Waals surface area contributed by atoms with Crippen molar-refractivity contribution in [3.8, 4) is 5.75 Å². The Balaban J connectivity index is 1.10. The molecule has 0 saturated carbocycles. The van der Waals surface area contributed by atoms with Gasteiger partial charge in [-0.3, -0.25) is 82.2 Å². The van der Waals surface area contributed by atoms with Crippen molar-refractivity contribution < 1.29 is 73.2 Å². The number of anilines is 1. The summed E-state index contributed by atoms with van der Waals surface area (Å²) in [7, 11) is 1.45. The fourth-order valence-electron chi connectivity index (χ4n) is 10.7. The molecule has 93 heavy (non-hydrogen) atoms. The number of likely N-dealkylation sites (N-methyl/N-ethyl adjacent to an activating group) is 1.